The maximum absolute atomic E-state index is 12.6. The van der Waals surface area contributed by atoms with Crippen LogP contribution in [0.4, 0.5) is 0 Å². The normalized spacial score (nSPS) is 22.2. The SMILES string of the molecule is CCOC(=O)[C@@H]1CCCN1P(=O)(Cl)Oc1ccccc1. The van der Waals surface area contributed by atoms with Crippen molar-refractivity contribution in [3.8, 4) is 5.75 Å². The Balaban J connectivity index is 2.11. The quantitative estimate of drug-likeness (QED) is 0.615. The van der Waals surface area contributed by atoms with Gasteiger partial charge in [0.25, 0.3) is 0 Å². The number of hydrogen-bond acceptors (Lipinski definition) is 4. The molecule has 2 atom stereocenters. The first kappa shape index (κ1) is 15.4. The van der Waals surface area contributed by atoms with Crippen molar-refractivity contribution in [3.05, 3.63) is 30.3 Å². The summed E-state index contributed by atoms with van der Waals surface area (Å²) in [6.45, 7) is -1.11. The predicted molar refractivity (Wildman–Crippen MR) is 76.9 cm³/mol. The van der Waals surface area contributed by atoms with Crippen LogP contribution in [0.5, 0.6) is 5.75 Å². The maximum atomic E-state index is 12.6. The van der Waals surface area contributed by atoms with Gasteiger partial charge in [0.05, 0.1) is 6.61 Å². The zero-order valence-corrected chi connectivity index (χ0v) is 12.8. The van der Waals surface area contributed by atoms with Crippen molar-refractivity contribution in [2.45, 2.75) is 25.8 Å². The van der Waals surface area contributed by atoms with Crippen molar-refractivity contribution in [1.29, 1.82) is 0 Å². The number of benzene rings is 1. The standard InChI is InChI=1S/C13H17ClNO4P/c1-2-18-13(16)12-9-6-10-15(12)20(14,17)19-11-7-4-3-5-8-11/h3-5,7-8,12H,2,6,9-10H2,1H3/t12-,20?/m0/s1. The molecular weight excluding hydrogens is 301 g/mol. The van der Waals surface area contributed by atoms with Crippen LogP contribution in [0.1, 0.15) is 19.8 Å². The lowest BCUT2D eigenvalue weighted by atomic mass is 10.2. The lowest BCUT2D eigenvalue weighted by Crippen LogP contribution is -2.35. The number of esters is 1. The Kier molecular flexibility index (Phi) is 5.08. The summed E-state index contributed by atoms with van der Waals surface area (Å²) in [5, 5.41) is 0. The van der Waals surface area contributed by atoms with Crippen LogP contribution >= 0.6 is 18.1 Å². The third kappa shape index (κ3) is 3.54. The predicted octanol–water partition coefficient (Wildman–Crippen LogP) is 3.44. The molecule has 20 heavy (non-hydrogen) atoms. The fourth-order valence-electron chi connectivity index (χ4n) is 2.18. The summed E-state index contributed by atoms with van der Waals surface area (Å²) in [6.07, 6.45) is 1.31. The Hall–Kier alpha value is -1.03. The first-order valence-electron chi connectivity index (χ1n) is 6.52. The number of carbonyl (C=O) groups excluding carboxylic acids is 1. The van der Waals surface area contributed by atoms with Gasteiger partial charge in [0, 0.05) is 17.8 Å². The molecule has 1 fully saturated rings. The Morgan fingerprint density at radius 3 is 2.80 bits per heavy atom. The molecule has 7 heteroatoms. The number of carbonyl (C=O) groups is 1. The third-order valence-corrected chi connectivity index (χ3v) is 5.37. The van der Waals surface area contributed by atoms with E-state index >= 15 is 0 Å². The number of nitrogens with zero attached hydrogens (tertiary/aromatic N) is 1. The summed E-state index contributed by atoms with van der Waals surface area (Å²) in [5.74, 6) is 0.0166. The minimum absolute atomic E-state index is 0.287. The van der Waals surface area contributed by atoms with Crippen LogP contribution in [0.2, 0.25) is 0 Å². The Morgan fingerprint density at radius 1 is 1.45 bits per heavy atom. The average Bonchev–Trinajstić information content (AvgIpc) is 2.90. The monoisotopic (exact) mass is 317 g/mol. The molecular formula is C13H17ClNO4P. The topological polar surface area (TPSA) is 55.8 Å². The van der Waals surface area contributed by atoms with Crippen molar-refractivity contribution in [2.24, 2.45) is 0 Å². The molecule has 1 aromatic carbocycles. The Labute approximate surface area is 123 Å². The molecule has 0 bridgehead atoms. The van der Waals surface area contributed by atoms with Crippen molar-refractivity contribution < 1.29 is 18.6 Å². The van der Waals surface area contributed by atoms with Crippen LogP contribution in [0, 0.1) is 0 Å². The van der Waals surface area contributed by atoms with Gasteiger partial charge < -0.3 is 9.26 Å². The number of ether oxygens (including phenoxy) is 1. The molecule has 5 nitrogen and oxygen atoms in total. The highest BCUT2D eigenvalue weighted by Gasteiger charge is 2.44. The Morgan fingerprint density at radius 2 is 2.15 bits per heavy atom. The first-order chi connectivity index (χ1) is 9.54. The largest absolute Gasteiger partial charge is 0.465 e. The third-order valence-electron chi connectivity index (χ3n) is 3.05. The van der Waals surface area contributed by atoms with E-state index in [1.165, 1.54) is 4.67 Å². The molecule has 1 heterocycles. The molecule has 0 radical (unpaired) electrons. The van der Waals surface area contributed by atoms with E-state index in [0.29, 0.717) is 18.7 Å². The molecule has 1 aliphatic heterocycles. The summed E-state index contributed by atoms with van der Waals surface area (Å²) in [7, 11) is 0. The van der Waals surface area contributed by atoms with Crippen molar-refractivity contribution in [1.82, 2.24) is 4.67 Å². The van der Waals surface area contributed by atoms with Crippen LogP contribution in [0.25, 0.3) is 0 Å². The number of rotatable bonds is 5. The van der Waals surface area contributed by atoms with Gasteiger partial charge in [-0.2, -0.15) is 4.67 Å². The number of halogens is 1. The van der Waals surface area contributed by atoms with Gasteiger partial charge in [0.15, 0.2) is 0 Å². The molecule has 0 saturated carbocycles. The van der Waals surface area contributed by atoms with Crippen LogP contribution in [0.3, 0.4) is 0 Å². The van der Waals surface area contributed by atoms with Gasteiger partial charge in [-0.1, -0.05) is 18.2 Å². The summed E-state index contributed by atoms with van der Waals surface area (Å²) >= 11 is 6.07. The lowest BCUT2D eigenvalue weighted by Gasteiger charge is -2.26. The van der Waals surface area contributed by atoms with Crippen molar-refractivity contribution in [2.75, 3.05) is 13.2 Å². The maximum Gasteiger partial charge on any atom is 0.412 e. The second-order valence-corrected chi connectivity index (χ2v) is 7.31. The summed E-state index contributed by atoms with van der Waals surface area (Å²) in [4.78, 5) is 11.9. The summed E-state index contributed by atoms with van der Waals surface area (Å²) in [6, 6.07) is 8.10. The van der Waals surface area contributed by atoms with Gasteiger partial charge in [-0.25, -0.2) is 4.57 Å². The first-order valence-corrected chi connectivity index (χ1v) is 9.01. The molecule has 0 amide bonds. The fraction of sp³-hybridized carbons (Fsp3) is 0.462. The van der Waals surface area contributed by atoms with Gasteiger partial charge in [-0.05, 0) is 31.9 Å². The van der Waals surface area contributed by atoms with Crippen LogP contribution in [0.15, 0.2) is 30.3 Å². The van der Waals surface area contributed by atoms with E-state index in [4.69, 9.17) is 20.5 Å². The van der Waals surface area contributed by atoms with E-state index in [0.717, 1.165) is 6.42 Å². The van der Waals surface area contributed by atoms with Gasteiger partial charge >= 0.3 is 12.8 Å². The Bertz CT molecular complexity index is 510. The molecule has 1 aliphatic rings. The highest BCUT2D eigenvalue weighted by Crippen LogP contribution is 2.58. The zero-order chi connectivity index (χ0) is 14.6. The van der Waals surface area contributed by atoms with E-state index < -0.39 is 18.9 Å². The molecule has 1 saturated heterocycles. The van der Waals surface area contributed by atoms with Gasteiger partial charge in [0.1, 0.15) is 11.8 Å². The van der Waals surface area contributed by atoms with Crippen molar-refractivity contribution >= 4 is 24.1 Å². The van der Waals surface area contributed by atoms with E-state index in [9.17, 15) is 9.36 Å². The van der Waals surface area contributed by atoms with Crippen LogP contribution in [-0.4, -0.2) is 29.8 Å². The van der Waals surface area contributed by atoms with E-state index in [2.05, 4.69) is 0 Å². The molecule has 2 rings (SSSR count). The number of para-hydroxylation sites is 1. The van der Waals surface area contributed by atoms with Gasteiger partial charge in [-0.15, -0.1) is 0 Å². The molecule has 0 N–H and O–H groups in total. The zero-order valence-electron chi connectivity index (χ0n) is 11.2. The fourth-order valence-corrected chi connectivity index (χ4v) is 4.37. The van der Waals surface area contributed by atoms with Crippen LogP contribution < -0.4 is 4.52 Å². The van der Waals surface area contributed by atoms with Crippen LogP contribution in [-0.2, 0) is 14.1 Å². The highest BCUT2D eigenvalue weighted by atomic mass is 35.7. The second kappa shape index (κ2) is 6.61. The van der Waals surface area contributed by atoms with E-state index in [1.807, 2.05) is 6.07 Å². The summed E-state index contributed by atoms with van der Waals surface area (Å²) < 4.78 is 24.4. The number of hydrogen-bond donors (Lipinski definition) is 0. The molecule has 0 aliphatic carbocycles. The van der Waals surface area contributed by atoms with Crippen molar-refractivity contribution in [3.63, 3.8) is 0 Å². The van der Waals surface area contributed by atoms with Gasteiger partial charge in [0.2, 0.25) is 0 Å². The molecule has 1 unspecified atom stereocenters. The summed E-state index contributed by atoms with van der Waals surface area (Å²) in [5.41, 5.74) is 0. The lowest BCUT2D eigenvalue weighted by molar-refractivity contribution is -0.147. The second-order valence-electron chi connectivity index (χ2n) is 4.43. The highest BCUT2D eigenvalue weighted by molar-refractivity contribution is 7.83. The smallest absolute Gasteiger partial charge is 0.412 e. The minimum atomic E-state index is -3.59. The molecule has 0 aromatic heterocycles. The molecule has 0 spiro atoms. The molecule has 110 valence electrons. The van der Waals surface area contributed by atoms with Gasteiger partial charge in [-0.3, -0.25) is 4.79 Å². The molecule has 1 aromatic rings. The minimum Gasteiger partial charge on any atom is -0.465 e. The van der Waals surface area contributed by atoms with E-state index in [1.54, 1.807) is 31.2 Å². The average molecular weight is 318 g/mol. The van der Waals surface area contributed by atoms with E-state index in [-0.39, 0.29) is 6.61 Å².